The molecule has 0 amide bonds. The number of hydrogen-bond donors (Lipinski definition) is 1. The normalized spacial score (nSPS) is 23.6. The van der Waals surface area contributed by atoms with Gasteiger partial charge in [-0.15, -0.1) is 0 Å². The Bertz CT molecular complexity index is 216. The summed E-state index contributed by atoms with van der Waals surface area (Å²) < 4.78 is 0. The standard InChI is InChI=1S/C11H23N3S/c1-4-10-8-14(5-6-15-10)11(12)13-7-9(2)3/h9-10H,4-8H2,1-3H3,(H2,12,13). The summed E-state index contributed by atoms with van der Waals surface area (Å²) >= 11 is 2.06. The van der Waals surface area contributed by atoms with Crippen LogP contribution in [0.25, 0.3) is 0 Å². The molecule has 1 aliphatic heterocycles. The first-order valence-corrected chi connectivity index (χ1v) is 6.84. The number of guanidine groups is 1. The molecular weight excluding hydrogens is 206 g/mol. The molecule has 0 aliphatic carbocycles. The summed E-state index contributed by atoms with van der Waals surface area (Å²) in [6.07, 6.45) is 1.22. The molecule has 4 heteroatoms. The molecule has 0 aromatic rings. The predicted molar refractivity (Wildman–Crippen MR) is 69.4 cm³/mol. The van der Waals surface area contributed by atoms with Gasteiger partial charge in [-0.25, -0.2) is 0 Å². The zero-order valence-electron chi connectivity index (χ0n) is 10.1. The number of aliphatic imine (C=N–C) groups is 1. The quantitative estimate of drug-likeness (QED) is 0.592. The van der Waals surface area contributed by atoms with Gasteiger partial charge in [-0.3, -0.25) is 4.99 Å². The minimum Gasteiger partial charge on any atom is -0.370 e. The molecule has 0 radical (unpaired) electrons. The van der Waals surface area contributed by atoms with E-state index < -0.39 is 0 Å². The van der Waals surface area contributed by atoms with E-state index in [9.17, 15) is 0 Å². The van der Waals surface area contributed by atoms with E-state index in [0.29, 0.717) is 5.92 Å². The van der Waals surface area contributed by atoms with Crippen LogP contribution in [-0.4, -0.2) is 41.5 Å². The van der Waals surface area contributed by atoms with Gasteiger partial charge in [-0.05, 0) is 12.3 Å². The van der Waals surface area contributed by atoms with Gasteiger partial charge < -0.3 is 10.6 Å². The summed E-state index contributed by atoms with van der Waals surface area (Å²) in [5.41, 5.74) is 5.98. The zero-order chi connectivity index (χ0) is 11.3. The first-order chi connectivity index (χ1) is 7.13. The second-order valence-electron chi connectivity index (χ2n) is 4.44. The van der Waals surface area contributed by atoms with Crippen LogP contribution in [0.4, 0.5) is 0 Å². The molecule has 3 nitrogen and oxygen atoms in total. The maximum absolute atomic E-state index is 5.98. The lowest BCUT2D eigenvalue weighted by atomic mass is 10.2. The van der Waals surface area contributed by atoms with Crippen LogP contribution in [0.2, 0.25) is 0 Å². The van der Waals surface area contributed by atoms with E-state index in [1.54, 1.807) is 0 Å². The summed E-state index contributed by atoms with van der Waals surface area (Å²) in [7, 11) is 0. The molecule has 0 bridgehead atoms. The van der Waals surface area contributed by atoms with Gasteiger partial charge in [0.1, 0.15) is 0 Å². The fourth-order valence-corrected chi connectivity index (χ4v) is 2.73. The minimum atomic E-state index is 0.588. The number of rotatable bonds is 3. The molecule has 0 aromatic heterocycles. The fourth-order valence-electron chi connectivity index (χ4n) is 1.55. The van der Waals surface area contributed by atoms with Crippen molar-refractivity contribution in [2.24, 2.45) is 16.6 Å². The van der Waals surface area contributed by atoms with E-state index in [0.717, 1.165) is 30.8 Å². The van der Waals surface area contributed by atoms with Crippen LogP contribution in [0, 0.1) is 5.92 Å². The minimum absolute atomic E-state index is 0.588. The molecule has 0 saturated carbocycles. The van der Waals surface area contributed by atoms with Crippen molar-refractivity contribution in [3.05, 3.63) is 0 Å². The van der Waals surface area contributed by atoms with Gasteiger partial charge in [-0.1, -0.05) is 20.8 Å². The van der Waals surface area contributed by atoms with Gasteiger partial charge in [0.25, 0.3) is 0 Å². The van der Waals surface area contributed by atoms with Crippen molar-refractivity contribution in [1.82, 2.24) is 4.90 Å². The lowest BCUT2D eigenvalue weighted by Crippen LogP contribution is -2.45. The highest BCUT2D eigenvalue weighted by atomic mass is 32.2. The lowest BCUT2D eigenvalue weighted by Gasteiger charge is -2.32. The molecule has 1 saturated heterocycles. The van der Waals surface area contributed by atoms with Gasteiger partial charge in [0.05, 0.1) is 0 Å². The molecule has 15 heavy (non-hydrogen) atoms. The Hall–Kier alpha value is -0.380. The van der Waals surface area contributed by atoms with Crippen LogP contribution in [0.3, 0.4) is 0 Å². The third-order valence-electron chi connectivity index (χ3n) is 2.54. The predicted octanol–water partition coefficient (Wildman–Crippen LogP) is 1.78. The average Bonchev–Trinajstić information content (AvgIpc) is 2.26. The van der Waals surface area contributed by atoms with E-state index in [1.807, 2.05) is 0 Å². The Morgan fingerprint density at radius 3 is 2.93 bits per heavy atom. The van der Waals surface area contributed by atoms with Crippen LogP contribution in [-0.2, 0) is 0 Å². The molecule has 1 aliphatic rings. The van der Waals surface area contributed by atoms with Crippen LogP contribution in [0.1, 0.15) is 27.2 Å². The van der Waals surface area contributed by atoms with Crippen molar-refractivity contribution >= 4 is 17.7 Å². The first-order valence-electron chi connectivity index (χ1n) is 5.80. The van der Waals surface area contributed by atoms with Crippen molar-refractivity contribution in [2.45, 2.75) is 32.4 Å². The summed E-state index contributed by atoms with van der Waals surface area (Å²) in [5, 5.41) is 0.728. The molecule has 1 heterocycles. The van der Waals surface area contributed by atoms with Crippen molar-refractivity contribution in [2.75, 3.05) is 25.4 Å². The molecular formula is C11H23N3S. The van der Waals surface area contributed by atoms with Gasteiger partial charge in [-0.2, -0.15) is 11.8 Å². The smallest absolute Gasteiger partial charge is 0.191 e. The van der Waals surface area contributed by atoms with Crippen molar-refractivity contribution < 1.29 is 0 Å². The van der Waals surface area contributed by atoms with Crippen molar-refractivity contribution in [3.63, 3.8) is 0 Å². The molecule has 88 valence electrons. The van der Waals surface area contributed by atoms with Gasteiger partial charge in [0, 0.05) is 30.6 Å². The molecule has 1 unspecified atom stereocenters. The number of nitrogens with zero attached hydrogens (tertiary/aromatic N) is 2. The Labute approximate surface area is 97.5 Å². The van der Waals surface area contributed by atoms with E-state index >= 15 is 0 Å². The number of thioether (sulfide) groups is 1. The Balaban J connectivity index is 2.44. The fraction of sp³-hybridized carbons (Fsp3) is 0.909. The Morgan fingerprint density at radius 2 is 2.33 bits per heavy atom. The number of nitrogens with two attached hydrogens (primary N) is 1. The summed E-state index contributed by atoms with van der Waals surface area (Å²) in [5.74, 6) is 2.50. The van der Waals surface area contributed by atoms with Crippen LogP contribution < -0.4 is 5.73 Å². The maximum atomic E-state index is 5.98. The Kier molecular flexibility index (Phi) is 5.29. The van der Waals surface area contributed by atoms with Crippen LogP contribution in [0.5, 0.6) is 0 Å². The highest BCUT2D eigenvalue weighted by Crippen LogP contribution is 2.20. The topological polar surface area (TPSA) is 41.6 Å². The lowest BCUT2D eigenvalue weighted by molar-refractivity contribution is 0.417. The third-order valence-corrected chi connectivity index (χ3v) is 3.91. The highest BCUT2D eigenvalue weighted by Gasteiger charge is 2.19. The summed E-state index contributed by atoms with van der Waals surface area (Å²) in [6, 6.07) is 0. The van der Waals surface area contributed by atoms with E-state index in [4.69, 9.17) is 5.73 Å². The second kappa shape index (κ2) is 6.26. The Morgan fingerprint density at radius 1 is 1.60 bits per heavy atom. The average molecular weight is 229 g/mol. The van der Waals surface area contributed by atoms with E-state index in [1.165, 1.54) is 12.2 Å². The second-order valence-corrected chi connectivity index (χ2v) is 5.85. The highest BCUT2D eigenvalue weighted by molar-refractivity contribution is 8.00. The molecule has 1 rings (SSSR count). The third kappa shape index (κ3) is 4.33. The van der Waals surface area contributed by atoms with Crippen molar-refractivity contribution in [1.29, 1.82) is 0 Å². The number of hydrogen-bond acceptors (Lipinski definition) is 2. The molecule has 2 N–H and O–H groups in total. The molecule has 0 spiro atoms. The zero-order valence-corrected chi connectivity index (χ0v) is 10.9. The largest absolute Gasteiger partial charge is 0.370 e. The van der Waals surface area contributed by atoms with Crippen LogP contribution in [0.15, 0.2) is 4.99 Å². The SMILES string of the molecule is CCC1CN(C(N)=NCC(C)C)CCS1. The molecule has 1 fully saturated rings. The summed E-state index contributed by atoms with van der Waals surface area (Å²) in [4.78, 5) is 6.66. The van der Waals surface area contributed by atoms with Crippen molar-refractivity contribution in [3.8, 4) is 0 Å². The van der Waals surface area contributed by atoms with E-state index in [-0.39, 0.29) is 0 Å². The van der Waals surface area contributed by atoms with Gasteiger partial charge >= 0.3 is 0 Å². The molecule has 0 aromatic carbocycles. The van der Waals surface area contributed by atoms with Gasteiger partial charge in [0.2, 0.25) is 0 Å². The monoisotopic (exact) mass is 229 g/mol. The van der Waals surface area contributed by atoms with Gasteiger partial charge in [0.15, 0.2) is 5.96 Å². The maximum Gasteiger partial charge on any atom is 0.191 e. The van der Waals surface area contributed by atoms with E-state index in [2.05, 4.69) is 42.4 Å². The molecule has 1 atom stereocenters. The first kappa shape index (κ1) is 12.7. The summed E-state index contributed by atoms with van der Waals surface area (Å²) in [6.45, 7) is 9.52. The van der Waals surface area contributed by atoms with Crippen LogP contribution >= 0.6 is 11.8 Å².